The topological polar surface area (TPSA) is 52.0 Å². The molecule has 1 N–H and O–H groups in total. The van der Waals surface area contributed by atoms with Crippen molar-refractivity contribution in [3.8, 4) is 0 Å². The largest absolute Gasteiger partial charge is 0.381 e. The monoisotopic (exact) mass is 224 g/mol. The molecule has 1 aromatic rings. The summed E-state index contributed by atoms with van der Waals surface area (Å²) in [6.45, 7) is 1.78. The molecule has 90 valence electrons. The van der Waals surface area contributed by atoms with Crippen LogP contribution < -0.4 is 5.32 Å². The number of hydrogen-bond donors (Lipinski definition) is 1. The van der Waals surface area contributed by atoms with Gasteiger partial charge in [0, 0.05) is 38.9 Å². The minimum atomic E-state index is 0.487. The van der Waals surface area contributed by atoms with Crippen LogP contribution in [0.2, 0.25) is 0 Å². The van der Waals surface area contributed by atoms with E-state index in [0.29, 0.717) is 12.0 Å². The standard InChI is InChI=1S/C11H20N4O/c1-12-11(9-3-5-16-6-4-9)7-10-8-15(2)14-13-10/h8-9,11-12H,3-7H2,1-2H3. The van der Waals surface area contributed by atoms with E-state index >= 15 is 0 Å². The molecule has 5 heteroatoms. The average Bonchev–Trinajstić information content (AvgIpc) is 2.73. The molecule has 0 radical (unpaired) electrons. The molecule has 1 saturated heterocycles. The first kappa shape index (κ1) is 11.5. The predicted octanol–water partition coefficient (Wildman–Crippen LogP) is 0.372. The first-order valence-electron chi connectivity index (χ1n) is 5.90. The summed E-state index contributed by atoms with van der Waals surface area (Å²) < 4.78 is 7.14. The zero-order valence-electron chi connectivity index (χ0n) is 10.0. The van der Waals surface area contributed by atoms with Gasteiger partial charge in [-0.25, -0.2) is 0 Å². The molecule has 1 unspecified atom stereocenters. The van der Waals surface area contributed by atoms with Gasteiger partial charge in [0.25, 0.3) is 0 Å². The van der Waals surface area contributed by atoms with Crippen LogP contribution in [0.4, 0.5) is 0 Å². The number of aryl methyl sites for hydroxylation is 1. The van der Waals surface area contributed by atoms with Crippen LogP contribution in [0.3, 0.4) is 0 Å². The van der Waals surface area contributed by atoms with Crippen molar-refractivity contribution in [2.75, 3.05) is 20.3 Å². The third-order valence-corrected chi connectivity index (χ3v) is 3.28. The fraction of sp³-hybridized carbons (Fsp3) is 0.818. The lowest BCUT2D eigenvalue weighted by atomic mass is 9.89. The quantitative estimate of drug-likeness (QED) is 0.803. The van der Waals surface area contributed by atoms with Gasteiger partial charge in [-0.05, 0) is 25.8 Å². The highest BCUT2D eigenvalue weighted by atomic mass is 16.5. The van der Waals surface area contributed by atoms with E-state index in [4.69, 9.17) is 4.74 Å². The van der Waals surface area contributed by atoms with Gasteiger partial charge in [-0.15, -0.1) is 5.10 Å². The Morgan fingerprint density at radius 3 is 2.88 bits per heavy atom. The molecule has 0 aliphatic carbocycles. The third-order valence-electron chi connectivity index (χ3n) is 3.28. The lowest BCUT2D eigenvalue weighted by Crippen LogP contribution is -2.38. The number of nitrogens with one attached hydrogen (secondary N) is 1. The first-order valence-corrected chi connectivity index (χ1v) is 5.90. The van der Waals surface area contributed by atoms with E-state index < -0.39 is 0 Å². The molecule has 0 saturated carbocycles. The van der Waals surface area contributed by atoms with Crippen molar-refractivity contribution in [3.63, 3.8) is 0 Å². The number of likely N-dealkylation sites (N-methyl/N-ethyl adjacent to an activating group) is 1. The number of aromatic nitrogens is 3. The van der Waals surface area contributed by atoms with Crippen LogP contribution in [0.25, 0.3) is 0 Å². The van der Waals surface area contributed by atoms with Crippen molar-refractivity contribution in [1.29, 1.82) is 0 Å². The molecule has 0 bridgehead atoms. The lowest BCUT2D eigenvalue weighted by Gasteiger charge is -2.29. The van der Waals surface area contributed by atoms with Gasteiger partial charge in [-0.1, -0.05) is 5.21 Å². The maximum atomic E-state index is 5.39. The summed E-state index contributed by atoms with van der Waals surface area (Å²) in [5.74, 6) is 0.695. The van der Waals surface area contributed by atoms with Gasteiger partial charge in [-0.2, -0.15) is 0 Å². The number of ether oxygens (including phenoxy) is 1. The molecule has 0 aromatic carbocycles. The molecule has 0 spiro atoms. The molecule has 1 atom stereocenters. The van der Waals surface area contributed by atoms with Crippen LogP contribution in [-0.4, -0.2) is 41.3 Å². The van der Waals surface area contributed by atoms with E-state index in [1.165, 1.54) is 0 Å². The highest BCUT2D eigenvalue weighted by Crippen LogP contribution is 2.20. The molecular weight excluding hydrogens is 204 g/mol. The second-order valence-electron chi connectivity index (χ2n) is 4.43. The summed E-state index contributed by atoms with van der Waals surface area (Å²) in [7, 11) is 3.93. The fourth-order valence-electron chi connectivity index (χ4n) is 2.34. The highest BCUT2D eigenvalue weighted by molar-refractivity contribution is 4.97. The van der Waals surface area contributed by atoms with Crippen LogP contribution in [0, 0.1) is 5.92 Å². The van der Waals surface area contributed by atoms with Gasteiger partial charge in [0.1, 0.15) is 0 Å². The number of hydrogen-bond acceptors (Lipinski definition) is 4. The number of nitrogens with zero attached hydrogens (tertiary/aromatic N) is 3. The summed E-state index contributed by atoms with van der Waals surface area (Å²) in [4.78, 5) is 0. The van der Waals surface area contributed by atoms with E-state index in [0.717, 1.165) is 38.2 Å². The van der Waals surface area contributed by atoms with Crippen LogP contribution in [0.1, 0.15) is 18.5 Å². The zero-order valence-corrected chi connectivity index (χ0v) is 10.0. The second kappa shape index (κ2) is 5.41. The van der Waals surface area contributed by atoms with Crippen LogP contribution in [0.15, 0.2) is 6.20 Å². The molecule has 2 heterocycles. The van der Waals surface area contributed by atoms with Gasteiger partial charge in [0.05, 0.1) is 5.69 Å². The SMILES string of the molecule is CNC(Cc1cn(C)nn1)C1CCOCC1. The summed E-state index contributed by atoms with van der Waals surface area (Å²) in [5, 5.41) is 11.5. The molecule has 1 aliphatic rings. The summed E-state index contributed by atoms with van der Waals surface area (Å²) in [6, 6.07) is 0.487. The molecule has 1 fully saturated rings. The van der Waals surface area contributed by atoms with Gasteiger partial charge < -0.3 is 10.1 Å². The van der Waals surface area contributed by atoms with Crippen LogP contribution >= 0.6 is 0 Å². The van der Waals surface area contributed by atoms with E-state index in [2.05, 4.69) is 15.6 Å². The van der Waals surface area contributed by atoms with E-state index in [-0.39, 0.29) is 0 Å². The third kappa shape index (κ3) is 2.80. The predicted molar refractivity (Wildman–Crippen MR) is 61.1 cm³/mol. The van der Waals surface area contributed by atoms with Gasteiger partial charge >= 0.3 is 0 Å². The minimum absolute atomic E-state index is 0.487. The van der Waals surface area contributed by atoms with Crippen molar-refractivity contribution in [2.45, 2.75) is 25.3 Å². The van der Waals surface area contributed by atoms with Gasteiger partial charge in [0.15, 0.2) is 0 Å². The fourth-order valence-corrected chi connectivity index (χ4v) is 2.34. The maximum absolute atomic E-state index is 5.39. The normalized spacial score (nSPS) is 19.9. The van der Waals surface area contributed by atoms with E-state index in [1.807, 2.05) is 20.3 Å². The molecule has 2 rings (SSSR count). The second-order valence-corrected chi connectivity index (χ2v) is 4.43. The molecule has 1 aromatic heterocycles. The molecule has 16 heavy (non-hydrogen) atoms. The Kier molecular flexibility index (Phi) is 3.90. The summed E-state index contributed by atoms with van der Waals surface area (Å²) in [5.41, 5.74) is 1.06. The summed E-state index contributed by atoms with van der Waals surface area (Å²) >= 11 is 0. The van der Waals surface area contributed by atoms with E-state index in [9.17, 15) is 0 Å². The Morgan fingerprint density at radius 2 is 2.31 bits per heavy atom. The van der Waals surface area contributed by atoms with Crippen LogP contribution in [-0.2, 0) is 18.2 Å². The molecule has 1 aliphatic heterocycles. The maximum Gasteiger partial charge on any atom is 0.0842 e. The smallest absolute Gasteiger partial charge is 0.0842 e. The lowest BCUT2D eigenvalue weighted by molar-refractivity contribution is 0.0546. The van der Waals surface area contributed by atoms with Crippen molar-refractivity contribution >= 4 is 0 Å². The Balaban J connectivity index is 1.94. The van der Waals surface area contributed by atoms with Crippen molar-refractivity contribution in [1.82, 2.24) is 20.3 Å². The van der Waals surface area contributed by atoms with Crippen molar-refractivity contribution < 1.29 is 4.74 Å². The molecular formula is C11H20N4O. The van der Waals surface area contributed by atoms with Crippen molar-refractivity contribution in [2.24, 2.45) is 13.0 Å². The van der Waals surface area contributed by atoms with E-state index in [1.54, 1.807) is 4.68 Å². The minimum Gasteiger partial charge on any atom is -0.381 e. The average molecular weight is 224 g/mol. The van der Waals surface area contributed by atoms with Crippen LogP contribution in [0.5, 0.6) is 0 Å². The van der Waals surface area contributed by atoms with Gasteiger partial charge in [0.2, 0.25) is 0 Å². The summed E-state index contributed by atoms with van der Waals surface area (Å²) in [6.07, 6.45) is 5.23. The Morgan fingerprint density at radius 1 is 1.56 bits per heavy atom. The molecule has 5 nitrogen and oxygen atoms in total. The Bertz CT molecular complexity index is 320. The Hall–Kier alpha value is -0.940. The number of rotatable bonds is 4. The van der Waals surface area contributed by atoms with Gasteiger partial charge in [-0.3, -0.25) is 4.68 Å². The van der Waals surface area contributed by atoms with Crippen molar-refractivity contribution in [3.05, 3.63) is 11.9 Å². The zero-order chi connectivity index (χ0) is 11.4. The highest BCUT2D eigenvalue weighted by Gasteiger charge is 2.23. The molecule has 0 amide bonds. The Labute approximate surface area is 96.2 Å². The first-order chi connectivity index (χ1) is 7.79.